The molecule has 6 aliphatic heterocycles. The van der Waals surface area contributed by atoms with Gasteiger partial charge in [-0.2, -0.15) is 8.61 Å². The van der Waals surface area contributed by atoms with Crippen LogP contribution in [0, 0.1) is 29.6 Å². The number of sulfonamides is 2. The number of alkyl carbamates (subject to hydrolysis) is 1. The third-order valence-electron chi connectivity index (χ3n) is 16.0. The minimum atomic E-state index is -4.10. The van der Waals surface area contributed by atoms with E-state index in [1.165, 1.54) is 57.1 Å². The maximum absolute atomic E-state index is 14.0. The van der Waals surface area contributed by atoms with Gasteiger partial charge < -0.3 is 63.9 Å². The second kappa shape index (κ2) is 30.1. The van der Waals surface area contributed by atoms with Crippen molar-refractivity contribution in [2.24, 2.45) is 35.3 Å². The first-order valence-electron chi connectivity index (χ1n) is 29.7. The lowest BCUT2D eigenvalue weighted by molar-refractivity contribution is -0.0909. The number of aliphatic hydroxyl groups is 2. The molecule has 24 nitrogen and oxygen atoms in total. The van der Waals surface area contributed by atoms with Crippen molar-refractivity contribution in [1.29, 1.82) is 0 Å². The molecule has 10 rings (SSSR count). The van der Waals surface area contributed by atoms with Crippen LogP contribution in [0.25, 0.3) is 0 Å². The number of fused-ring (bicyclic) bond motifs is 3. The van der Waals surface area contributed by atoms with Gasteiger partial charge in [0.05, 0.1) is 85.4 Å². The van der Waals surface area contributed by atoms with Gasteiger partial charge in [0.15, 0.2) is 18.9 Å². The lowest BCUT2D eigenvalue weighted by Crippen LogP contribution is -2.51. The number of carbonyl (C=O) groups is 3. The van der Waals surface area contributed by atoms with Crippen LogP contribution in [0.15, 0.2) is 119 Å². The second-order valence-corrected chi connectivity index (χ2v) is 27.4. The zero-order chi connectivity index (χ0) is 61.8. The molecule has 6 heterocycles. The highest BCUT2D eigenvalue weighted by atomic mass is 32.2. The van der Waals surface area contributed by atoms with Crippen molar-refractivity contribution in [3.63, 3.8) is 0 Å². The number of nitrogens with zero attached hydrogens (tertiary/aromatic N) is 2. The molecule has 6 saturated heterocycles. The van der Waals surface area contributed by atoms with Crippen molar-refractivity contribution in [3.05, 3.63) is 120 Å². The summed E-state index contributed by atoms with van der Waals surface area (Å²) in [5.74, 6) is -0.0837. The molecule has 13 atom stereocenters. The van der Waals surface area contributed by atoms with Crippen LogP contribution < -0.4 is 21.7 Å². The number of aliphatic hydroxyl groups excluding tert-OH is 2. The maximum atomic E-state index is 14.0. The molecule has 5 unspecified atom stereocenters. The van der Waals surface area contributed by atoms with E-state index in [1.54, 1.807) is 0 Å². The van der Waals surface area contributed by atoms with Crippen molar-refractivity contribution in [2.75, 3.05) is 76.5 Å². The molecule has 0 radical (unpaired) electrons. The van der Waals surface area contributed by atoms with E-state index in [2.05, 4.69) is 16.0 Å². The standard InChI is InChI=1S/C34H45N3O11S.C27H37N3O7S/c1-21(2)17-37(49(41,42)24-10-8-23(9-11-24)35-33(39)47-29-19-45-31-25(29)12-14-43-31)18-28(38)27(16-22-6-4-3-5-7-22)36-34(40)48-30-20-46-32-26(30)13-15-44-32;1-18(2)15-30(16-24(31)23(28)14-19-6-4-3-5-7-19)38(33,34)21-10-8-20(9-11-21)29-27(32)37-25-17-36-26-22(25)12-13-35-26/h3-11,21,25-32,38H,12-20H2,1-2H3,(H,35,39)(H,36,40);3-11,18,22-26,31H,12-17,28H2,1-2H3,(H,29,32)/t25-,26?,27+,28-,29?,30+,31?,32-;22-,23+,24-,25?,26?/m11/s1. The summed E-state index contributed by atoms with van der Waals surface area (Å²) < 4.78 is 107. The lowest BCUT2D eigenvalue weighted by atomic mass is 10.0. The number of carbonyl (C=O) groups excluding carboxylic acids is 3. The highest BCUT2D eigenvalue weighted by Crippen LogP contribution is 2.36. The summed E-state index contributed by atoms with van der Waals surface area (Å²) >= 11 is 0. The first-order valence-corrected chi connectivity index (χ1v) is 32.6. The Kier molecular flexibility index (Phi) is 22.7. The number of hydrogen-bond acceptors (Lipinski definition) is 19. The van der Waals surface area contributed by atoms with Gasteiger partial charge in [0, 0.05) is 43.6 Å². The molecule has 0 aliphatic carbocycles. The number of hydrogen-bond donors (Lipinski definition) is 6. The fraction of sp³-hybridized carbons (Fsp3) is 0.557. The highest BCUT2D eigenvalue weighted by molar-refractivity contribution is 7.89. The van der Waals surface area contributed by atoms with Gasteiger partial charge >= 0.3 is 18.3 Å². The molecule has 4 aromatic carbocycles. The minimum absolute atomic E-state index is 0.00891. The average molecular weight is 1250 g/mol. The van der Waals surface area contributed by atoms with Crippen LogP contribution in [0.4, 0.5) is 25.8 Å². The summed E-state index contributed by atoms with van der Waals surface area (Å²) in [5.41, 5.74) is 8.79. The van der Waals surface area contributed by atoms with Gasteiger partial charge in [-0.15, -0.1) is 0 Å². The molecule has 7 N–H and O–H groups in total. The monoisotopic (exact) mass is 1250 g/mol. The maximum Gasteiger partial charge on any atom is 0.411 e. The third kappa shape index (κ3) is 17.5. The summed E-state index contributed by atoms with van der Waals surface area (Å²) in [6, 6.07) is 28.9. The van der Waals surface area contributed by atoms with E-state index in [-0.39, 0.29) is 117 Å². The number of rotatable bonds is 24. The van der Waals surface area contributed by atoms with Gasteiger partial charge in [-0.1, -0.05) is 88.4 Å². The molecular formula is C61H82N6O18S2. The van der Waals surface area contributed by atoms with Crippen molar-refractivity contribution in [2.45, 2.75) is 131 Å². The van der Waals surface area contributed by atoms with Crippen molar-refractivity contribution >= 4 is 49.7 Å². The lowest BCUT2D eigenvalue weighted by Gasteiger charge is -2.31. The fourth-order valence-corrected chi connectivity index (χ4v) is 14.7. The van der Waals surface area contributed by atoms with Crippen LogP contribution in [0.2, 0.25) is 0 Å². The number of nitrogens with two attached hydrogens (primary N) is 1. The quantitative estimate of drug-likeness (QED) is 0.0460. The Balaban J connectivity index is 0.000000214. The van der Waals surface area contributed by atoms with Gasteiger partial charge in [-0.3, -0.25) is 10.6 Å². The Morgan fingerprint density at radius 1 is 0.517 bits per heavy atom. The molecule has 0 saturated carbocycles. The van der Waals surface area contributed by atoms with Gasteiger partial charge in [0.1, 0.15) is 18.3 Å². The Morgan fingerprint density at radius 3 is 1.28 bits per heavy atom. The molecule has 6 aliphatic rings. The first-order chi connectivity index (χ1) is 41.7. The van der Waals surface area contributed by atoms with Gasteiger partial charge in [-0.25, -0.2) is 31.2 Å². The number of benzene rings is 4. The molecule has 87 heavy (non-hydrogen) atoms. The van der Waals surface area contributed by atoms with Crippen LogP contribution in [-0.2, 0) is 75.5 Å². The second-order valence-electron chi connectivity index (χ2n) is 23.6. The molecule has 0 spiro atoms. The highest BCUT2D eigenvalue weighted by Gasteiger charge is 2.46. The average Bonchev–Trinajstić information content (AvgIpc) is 2.33. The summed E-state index contributed by atoms with van der Waals surface area (Å²) in [6.45, 7) is 9.93. The zero-order valence-electron chi connectivity index (χ0n) is 49.4. The number of nitrogens with one attached hydrogen (secondary N) is 3. The van der Waals surface area contributed by atoms with Crippen LogP contribution in [0.5, 0.6) is 0 Å². The number of anilines is 2. The van der Waals surface area contributed by atoms with Crippen molar-refractivity contribution in [1.82, 2.24) is 13.9 Å². The Hall–Kier alpha value is -5.85. The molecule has 6 fully saturated rings. The largest absolute Gasteiger partial charge is 0.443 e. The first kappa shape index (κ1) is 65.6. The zero-order valence-corrected chi connectivity index (χ0v) is 51.0. The van der Waals surface area contributed by atoms with E-state index in [4.69, 9.17) is 48.4 Å². The molecular weight excluding hydrogens is 1170 g/mol. The molecule has 476 valence electrons. The van der Waals surface area contributed by atoms with E-state index in [1.807, 2.05) is 88.4 Å². The van der Waals surface area contributed by atoms with E-state index in [0.717, 1.165) is 24.0 Å². The van der Waals surface area contributed by atoms with Crippen LogP contribution >= 0.6 is 0 Å². The normalized spacial score (nSPS) is 25.4. The van der Waals surface area contributed by atoms with Crippen molar-refractivity contribution < 1.29 is 84.1 Å². The van der Waals surface area contributed by atoms with Crippen molar-refractivity contribution in [3.8, 4) is 0 Å². The van der Waals surface area contributed by atoms with Crippen LogP contribution in [-0.4, -0.2) is 181 Å². The molecule has 26 heteroatoms. The summed E-state index contributed by atoms with van der Waals surface area (Å²) in [6.07, 6.45) is -3.83. The van der Waals surface area contributed by atoms with Gasteiger partial charge in [0.2, 0.25) is 20.0 Å². The van der Waals surface area contributed by atoms with Crippen LogP contribution in [0.1, 0.15) is 58.1 Å². The molecule has 3 amide bonds. The fourth-order valence-electron chi connectivity index (χ4n) is 11.5. The van der Waals surface area contributed by atoms with E-state index < -0.39 is 74.8 Å². The minimum Gasteiger partial charge on any atom is -0.443 e. The summed E-state index contributed by atoms with van der Waals surface area (Å²) in [4.78, 5) is 38.1. The molecule has 4 aromatic rings. The topological polar surface area (TPSA) is 312 Å². The summed E-state index contributed by atoms with van der Waals surface area (Å²) in [7, 11) is -8.03. The molecule has 0 aromatic heterocycles. The van der Waals surface area contributed by atoms with E-state index in [0.29, 0.717) is 44.0 Å². The van der Waals surface area contributed by atoms with Crippen LogP contribution in [0.3, 0.4) is 0 Å². The SMILES string of the molecule is CC(C)CN(C[C@@H](O)[C@@H](N)Cc1ccccc1)S(=O)(=O)c1ccc(NC(=O)OC2COC3OCC[C@H]23)cc1.CC(C)CN(C[C@@H](O)[C@H](Cc1ccccc1)NC(=O)O[C@H]1CO[C@H]2OCCC21)S(=O)(=O)c1ccc(NC(=O)OC2COC3OCC[C@H]23)cc1. The third-order valence-corrected chi connectivity index (χ3v) is 19.7. The van der Waals surface area contributed by atoms with E-state index >= 15 is 0 Å². The Labute approximate surface area is 508 Å². The summed E-state index contributed by atoms with van der Waals surface area (Å²) in [5, 5.41) is 30.4. The Morgan fingerprint density at radius 2 is 0.885 bits per heavy atom. The molecule has 0 bridgehead atoms. The van der Waals surface area contributed by atoms with E-state index in [9.17, 15) is 41.4 Å². The predicted octanol–water partition coefficient (Wildman–Crippen LogP) is 5.68. The number of amides is 3. The number of ether oxygens (including phenoxy) is 9. The van der Waals surface area contributed by atoms with Gasteiger partial charge in [0.25, 0.3) is 0 Å². The van der Waals surface area contributed by atoms with Gasteiger partial charge in [-0.05, 0) is 104 Å². The smallest absolute Gasteiger partial charge is 0.411 e. The Bertz CT molecular complexity index is 3100. The predicted molar refractivity (Wildman–Crippen MR) is 317 cm³/mol.